The summed E-state index contributed by atoms with van der Waals surface area (Å²) in [7, 11) is 0. The molecule has 0 saturated carbocycles. The van der Waals surface area contributed by atoms with Crippen molar-refractivity contribution in [1.29, 1.82) is 0 Å². The van der Waals surface area contributed by atoms with E-state index in [1.165, 1.54) is 24.3 Å². The zero-order chi connectivity index (χ0) is 31.8. The largest absolute Gasteiger partial charge is 0.416 e. The Hall–Kier alpha value is -5.44. The molecule has 2 aliphatic carbocycles. The summed E-state index contributed by atoms with van der Waals surface area (Å²) in [6, 6.07) is 30.9. The van der Waals surface area contributed by atoms with E-state index in [4.69, 9.17) is 9.97 Å². The molecule has 0 amide bonds. The quantitative estimate of drug-likeness (QED) is 0.184. The van der Waals surface area contributed by atoms with Crippen molar-refractivity contribution in [3.63, 3.8) is 0 Å². The summed E-state index contributed by atoms with van der Waals surface area (Å²) in [5, 5.41) is 0. The molecule has 0 N–H and O–H groups in total. The van der Waals surface area contributed by atoms with Crippen molar-refractivity contribution in [3.05, 3.63) is 161 Å². The minimum Gasteiger partial charge on any atom is -0.310 e. The Bertz CT molecular complexity index is 2010. The van der Waals surface area contributed by atoms with Crippen LogP contribution in [0.1, 0.15) is 33.4 Å². The Balaban J connectivity index is 1.38. The van der Waals surface area contributed by atoms with Crippen molar-refractivity contribution in [1.82, 2.24) is 9.97 Å². The van der Waals surface area contributed by atoms with Crippen molar-refractivity contribution in [2.45, 2.75) is 17.8 Å². The van der Waals surface area contributed by atoms with Crippen molar-refractivity contribution in [2.24, 2.45) is 0 Å². The molecule has 0 radical (unpaired) electrons. The van der Waals surface area contributed by atoms with Crippen LogP contribution in [0, 0.1) is 0 Å². The van der Waals surface area contributed by atoms with Gasteiger partial charge in [0.05, 0.1) is 27.9 Å². The van der Waals surface area contributed by atoms with Gasteiger partial charge in [0.2, 0.25) is 0 Å². The van der Waals surface area contributed by atoms with Crippen LogP contribution in [0.2, 0.25) is 0 Å². The lowest BCUT2D eigenvalue weighted by atomic mass is 9.71. The third-order valence-electron chi connectivity index (χ3n) is 8.84. The fraction of sp³-hybridized carbons (Fsp3) is 0.0811. The Kier molecular flexibility index (Phi) is 5.97. The number of alkyl halides is 6. The number of fused-ring (bicyclic) bond motifs is 10. The molecule has 9 heteroatoms. The van der Waals surface area contributed by atoms with E-state index in [1.54, 1.807) is 17.3 Å². The molecule has 0 aliphatic heterocycles. The summed E-state index contributed by atoms with van der Waals surface area (Å²) < 4.78 is 80.9. The smallest absolute Gasteiger partial charge is 0.310 e. The van der Waals surface area contributed by atoms with Crippen LogP contribution in [0.25, 0.3) is 22.5 Å². The lowest BCUT2D eigenvalue weighted by Gasteiger charge is -2.31. The van der Waals surface area contributed by atoms with Gasteiger partial charge in [-0.2, -0.15) is 26.3 Å². The van der Waals surface area contributed by atoms with Crippen LogP contribution in [-0.4, -0.2) is 9.97 Å². The zero-order valence-electron chi connectivity index (χ0n) is 23.7. The van der Waals surface area contributed by atoms with E-state index in [9.17, 15) is 26.3 Å². The first-order chi connectivity index (χ1) is 22.1. The van der Waals surface area contributed by atoms with Gasteiger partial charge in [0.1, 0.15) is 0 Å². The van der Waals surface area contributed by atoms with Gasteiger partial charge in [-0.3, -0.25) is 9.97 Å². The highest BCUT2D eigenvalue weighted by Gasteiger charge is 2.53. The first-order valence-corrected chi connectivity index (χ1v) is 14.4. The van der Waals surface area contributed by atoms with E-state index in [-0.39, 0.29) is 0 Å². The highest BCUT2D eigenvalue weighted by molar-refractivity contribution is 5.94. The number of nitrogens with zero attached hydrogens (tertiary/aromatic N) is 3. The lowest BCUT2D eigenvalue weighted by Crippen LogP contribution is -2.26. The molecule has 4 aromatic carbocycles. The van der Waals surface area contributed by atoms with Crippen LogP contribution < -0.4 is 4.90 Å². The topological polar surface area (TPSA) is 29.0 Å². The molecule has 0 fully saturated rings. The van der Waals surface area contributed by atoms with Crippen molar-refractivity contribution in [3.8, 4) is 22.5 Å². The second-order valence-corrected chi connectivity index (χ2v) is 11.2. The van der Waals surface area contributed by atoms with Gasteiger partial charge < -0.3 is 4.90 Å². The predicted molar refractivity (Wildman–Crippen MR) is 163 cm³/mol. The van der Waals surface area contributed by atoms with E-state index in [0.717, 1.165) is 69.0 Å². The standard InChI is InChI=1S/C37H21F6N3/c38-36(39,40)22-9-13-24(14-10-22)46(25-15-11-23(12-16-25)37(41,42)43)26-17-18-28-27-5-1-2-6-29(27)35(32(28)21-26)30-7-3-19-44-33(30)34-31(35)8-4-20-45-34/h1-21H. The maximum atomic E-state index is 13.5. The summed E-state index contributed by atoms with van der Waals surface area (Å²) in [4.78, 5) is 11.1. The summed E-state index contributed by atoms with van der Waals surface area (Å²) in [6.07, 6.45) is -5.64. The molecular weight excluding hydrogens is 600 g/mol. The van der Waals surface area contributed by atoms with E-state index >= 15 is 0 Å². The Morgan fingerprint density at radius 3 is 1.43 bits per heavy atom. The van der Waals surface area contributed by atoms with E-state index in [1.807, 2.05) is 54.6 Å². The number of rotatable bonds is 3. The van der Waals surface area contributed by atoms with Gasteiger partial charge in [-0.15, -0.1) is 0 Å². The lowest BCUT2D eigenvalue weighted by molar-refractivity contribution is -0.138. The predicted octanol–water partition coefficient (Wildman–Crippen LogP) is 10.3. The van der Waals surface area contributed by atoms with Crippen LogP contribution in [0.3, 0.4) is 0 Å². The van der Waals surface area contributed by atoms with E-state index in [2.05, 4.69) is 12.1 Å². The third kappa shape index (κ3) is 4.00. The molecule has 2 aliphatic rings. The molecule has 8 rings (SSSR count). The second-order valence-electron chi connectivity index (χ2n) is 11.2. The average molecular weight is 622 g/mol. The Morgan fingerprint density at radius 1 is 0.457 bits per heavy atom. The third-order valence-corrected chi connectivity index (χ3v) is 8.84. The summed E-state index contributed by atoms with van der Waals surface area (Å²) in [5.74, 6) is 0. The summed E-state index contributed by atoms with van der Waals surface area (Å²) >= 11 is 0. The molecule has 226 valence electrons. The van der Waals surface area contributed by atoms with Crippen LogP contribution >= 0.6 is 0 Å². The van der Waals surface area contributed by atoms with Crippen molar-refractivity contribution in [2.75, 3.05) is 4.90 Å². The molecule has 0 unspecified atom stereocenters. The van der Waals surface area contributed by atoms with Gasteiger partial charge in [0, 0.05) is 29.5 Å². The van der Waals surface area contributed by atoms with Crippen molar-refractivity contribution >= 4 is 17.1 Å². The first kappa shape index (κ1) is 28.1. The molecule has 3 nitrogen and oxygen atoms in total. The van der Waals surface area contributed by atoms with Gasteiger partial charge in [-0.1, -0.05) is 42.5 Å². The Labute approximate surface area is 259 Å². The van der Waals surface area contributed by atoms with Gasteiger partial charge in [0.15, 0.2) is 0 Å². The van der Waals surface area contributed by atoms with Crippen LogP contribution in [0.5, 0.6) is 0 Å². The van der Waals surface area contributed by atoms with Gasteiger partial charge in [0.25, 0.3) is 0 Å². The molecular formula is C37H21F6N3. The average Bonchev–Trinajstić information content (AvgIpc) is 3.52. The van der Waals surface area contributed by atoms with E-state index in [0.29, 0.717) is 17.1 Å². The van der Waals surface area contributed by atoms with Crippen molar-refractivity contribution < 1.29 is 26.3 Å². The molecule has 2 aromatic heterocycles. The van der Waals surface area contributed by atoms with Gasteiger partial charge in [-0.05, 0) is 106 Å². The highest BCUT2D eigenvalue weighted by atomic mass is 19.4. The number of anilines is 3. The SMILES string of the molecule is FC(F)(F)c1ccc(N(c2ccc(C(F)(F)F)cc2)c2ccc3c(c2)C2(c4ccccc4-3)c3cccnc3-c3ncccc32)cc1. The molecule has 46 heavy (non-hydrogen) atoms. The van der Waals surface area contributed by atoms with Gasteiger partial charge in [-0.25, -0.2) is 0 Å². The minimum atomic E-state index is -4.55. The number of hydrogen-bond acceptors (Lipinski definition) is 3. The molecule has 0 bridgehead atoms. The van der Waals surface area contributed by atoms with Crippen LogP contribution in [0.4, 0.5) is 43.4 Å². The van der Waals surface area contributed by atoms with E-state index < -0.39 is 28.9 Å². The number of pyridine rings is 2. The second kappa shape index (κ2) is 9.78. The Morgan fingerprint density at radius 2 is 0.913 bits per heavy atom. The molecule has 0 atom stereocenters. The van der Waals surface area contributed by atoms with Gasteiger partial charge >= 0.3 is 12.4 Å². The number of halogens is 6. The molecule has 6 aromatic rings. The number of aromatic nitrogens is 2. The molecule has 2 heterocycles. The number of benzene rings is 4. The monoisotopic (exact) mass is 621 g/mol. The maximum Gasteiger partial charge on any atom is 0.416 e. The highest BCUT2D eigenvalue weighted by Crippen LogP contribution is 2.62. The van der Waals surface area contributed by atoms with Crippen LogP contribution in [0.15, 0.2) is 128 Å². The fourth-order valence-electron chi connectivity index (χ4n) is 6.97. The molecule has 1 spiro atoms. The first-order valence-electron chi connectivity index (χ1n) is 14.4. The fourth-order valence-corrected chi connectivity index (χ4v) is 6.97. The molecule has 0 saturated heterocycles. The zero-order valence-corrected chi connectivity index (χ0v) is 23.7. The minimum absolute atomic E-state index is 0.354. The maximum absolute atomic E-state index is 13.5. The number of hydrogen-bond donors (Lipinski definition) is 0. The summed E-state index contributed by atoms with van der Waals surface area (Å²) in [6.45, 7) is 0. The van der Waals surface area contributed by atoms with Crippen LogP contribution in [-0.2, 0) is 17.8 Å². The summed E-state index contributed by atoms with van der Waals surface area (Å²) in [5.41, 5.74) is 6.17. The normalized spacial score (nSPS) is 14.0.